The zero-order valence-electron chi connectivity index (χ0n) is 11.3. The number of nitrogens with zero attached hydrogens (tertiary/aromatic N) is 4. The first-order valence-electron chi connectivity index (χ1n) is 6.55. The Labute approximate surface area is 116 Å². The van der Waals surface area contributed by atoms with Crippen LogP contribution in [0.25, 0.3) is 11.5 Å². The highest BCUT2D eigenvalue weighted by atomic mass is 16.5. The summed E-state index contributed by atoms with van der Waals surface area (Å²) < 4.78 is 10.2. The van der Waals surface area contributed by atoms with Gasteiger partial charge in [-0.2, -0.15) is 4.98 Å². The number of rotatable bonds is 4. The lowest BCUT2D eigenvalue weighted by molar-refractivity contribution is 0.174. The standard InChI is InChI=1S/C13H17N5O2/c1-19-8-11-16-13(20-17-11)9-2-4-15-12(6-9)18-5-3-10(14)7-18/h2,4,6,10H,3,5,7-8,14H2,1H3. The Morgan fingerprint density at radius 1 is 1.55 bits per heavy atom. The third-order valence-corrected chi connectivity index (χ3v) is 3.28. The van der Waals surface area contributed by atoms with Crippen molar-refractivity contribution < 1.29 is 9.26 Å². The predicted molar refractivity (Wildman–Crippen MR) is 73.0 cm³/mol. The van der Waals surface area contributed by atoms with Gasteiger partial charge in [-0.15, -0.1) is 0 Å². The number of anilines is 1. The van der Waals surface area contributed by atoms with E-state index in [1.165, 1.54) is 0 Å². The monoisotopic (exact) mass is 275 g/mol. The largest absolute Gasteiger partial charge is 0.377 e. The van der Waals surface area contributed by atoms with E-state index in [9.17, 15) is 0 Å². The molecular weight excluding hydrogens is 258 g/mol. The summed E-state index contributed by atoms with van der Waals surface area (Å²) in [7, 11) is 1.59. The maximum absolute atomic E-state index is 5.92. The van der Waals surface area contributed by atoms with Gasteiger partial charge < -0.3 is 19.9 Å². The second kappa shape index (κ2) is 5.56. The SMILES string of the molecule is COCc1noc(-c2ccnc(N3CCC(N)C3)c2)n1. The van der Waals surface area contributed by atoms with Crippen molar-refractivity contribution in [1.82, 2.24) is 15.1 Å². The van der Waals surface area contributed by atoms with E-state index >= 15 is 0 Å². The highest BCUT2D eigenvalue weighted by Gasteiger charge is 2.21. The summed E-state index contributed by atoms with van der Waals surface area (Å²) in [4.78, 5) is 10.8. The molecule has 0 bridgehead atoms. The highest BCUT2D eigenvalue weighted by Crippen LogP contribution is 2.23. The van der Waals surface area contributed by atoms with E-state index in [2.05, 4.69) is 20.0 Å². The van der Waals surface area contributed by atoms with Gasteiger partial charge in [0.05, 0.1) is 0 Å². The summed E-state index contributed by atoms with van der Waals surface area (Å²) in [6, 6.07) is 4.02. The van der Waals surface area contributed by atoms with Crippen LogP contribution in [0.4, 0.5) is 5.82 Å². The average Bonchev–Trinajstić information content (AvgIpc) is 3.09. The average molecular weight is 275 g/mol. The molecule has 3 rings (SSSR count). The van der Waals surface area contributed by atoms with E-state index in [4.69, 9.17) is 15.0 Å². The molecule has 1 fully saturated rings. The quantitative estimate of drug-likeness (QED) is 0.883. The maximum atomic E-state index is 5.92. The lowest BCUT2D eigenvalue weighted by atomic mass is 10.2. The molecule has 3 heterocycles. The van der Waals surface area contributed by atoms with Gasteiger partial charge in [0.15, 0.2) is 5.82 Å². The van der Waals surface area contributed by atoms with Crippen molar-refractivity contribution in [3.05, 3.63) is 24.2 Å². The van der Waals surface area contributed by atoms with Gasteiger partial charge in [-0.05, 0) is 18.6 Å². The minimum absolute atomic E-state index is 0.220. The van der Waals surface area contributed by atoms with Crippen LogP contribution in [-0.2, 0) is 11.3 Å². The molecule has 2 N–H and O–H groups in total. The first-order valence-corrected chi connectivity index (χ1v) is 6.55. The molecule has 0 radical (unpaired) electrons. The number of hydrogen-bond donors (Lipinski definition) is 1. The minimum atomic E-state index is 0.220. The molecule has 1 aliphatic rings. The molecule has 0 aliphatic carbocycles. The van der Waals surface area contributed by atoms with Gasteiger partial charge in [-0.1, -0.05) is 5.16 Å². The fourth-order valence-corrected chi connectivity index (χ4v) is 2.28. The van der Waals surface area contributed by atoms with Crippen LogP contribution in [-0.4, -0.2) is 41.4 Å². The van der Waals surface area contributed by atoms with Gasteiger partial charge >= 0.3 is 0 Å². The smallest absolute Gasteiger partial charge is 0.258 e. The third kappa shape index (κ3) is 2.63. The Morgan fingerprint density at radius 3 is 3.20 bits per heavy atom. The van der Waals surface area contributed by atoms with E-state index in [0.29, 0.717) is 18.3 Å². The van der Waals surface area contributed by atoms with Crippen LogP contribution in [0.3, 0.4) is 0 Å². The van der Waals surface area contributed by atoms with Crippen LogP contribution in [0.1, 0.15) is 12.2 Å². The van der Waals surface area contributed by atoms with Gasteiger partial charge in [0.2, 0.25) is 0 Å². The molecule has 7 heteroatoms. The number of methoxy groups -OCH3 is 1. The Kier molecular flexibility index (Phi) is 3.62. The summed E-state index contributed by atoms with van der Waals surface area (Å²) >= 11 is 0. The normalized spacial score (nSPS) is 18.7. The van der Waals surface area contributed by atoms with Gasteiger partial charge in [0.1, 0.15) is 12.4 Å². The number of aromatic nitrogens is 3. The molecule has 1 saturated heterocycles. The number of pyridine rings is 1. The van der Waals surface area contributed by atoms with Crippen molar-refractivity contribution in [3.63, 3.8) is 0 Å². The Hall–Kier alpha value is -1.99. The second-order valence-corrected chi connectivity index (χ2v) is 4.85. The molecule has 20 heavy (non-hydrogen) atoms. The summed E-state index contributed by atoms with van der Waals surface area (Å²) in [5.41, 5.74) is 6.78. The van der Waals surface area contributed by atoms with Crippen molar-refractivity contribution in [2.24, 2.45) is 5.73 Å². The van der Waals surface area contributed by atoms with Crippen LogP contribution in [0.5, 0.6) is 0 Å². The Bertz CT molecular complexity index is 586. The van der Waals surface area contributed by atoms with Gasteiger partial charge in [0, 0.05) is 38.0 Å². The number of ether oxygens (including phenoxy) is 1. The van der Waals surface area contributed by atoms with Crippen LogP contribution >= 0.6 is 0 Å². The zero-order valence-corrected chi connectivity index (χ0v) is 11.3. The fourth-order valence-electron chi connectivity index (χ4n) is 2.28. The van der Waals surface area contributed by atoms with Crippen molar-refractivity contribution >= 4 is 5.82 Å². The lowest BCUT2D eigenvalue weighted by Gasteiger charge is -2.16. The molecule has 0 amide bonds. The predicted octanol–water partition coefficient (Wildman–Crippen LogP) is 0.815. The number of hydrogen-bond acceptors (Lipinski definition) is 7. The molecule has 1 aliphatic heterocycles. The summed E-state index contributed by atoms with van der Waals surface area (Å²) in [5, 5.41) is 3.86. The topological polar surface area (TPSA) is 90.3 Å². The second-order valence-electron chi connectivity index (χ2n) is 4.85. The first-order chi connectivity index (χ1) is 9.76. The van der Waals surface area contributed by atoms with E-state index in [1.807, 2.05) is 12.1 Å². The summed E-state index contributed by atoms with van der Waals surface area (Å²) in [6.45, 7) is 2.09. The first kappa shape index (κ1) is 13.0. The molecule has 7 nitrogen and oxygen atoms in total. The molecule has 1 atom stereocenters. The van der Waals surface area contributed by atoms with Crippen LogP contribution < -0.4 is 10.6 Å². The summed E-state index contributed by atoms with van der Waals surface area (Å²) in [6.07, 6.45) is 2.74. The zero-order chi connectivity index (χ0) is 13.9. The molecular formula is C13H17N5O2. The van der Waals surface area contributed by atoms with Crippen molar-refractivity contribution in [2.45, 2.75) is 19.1 Å². The van der Waals surface area contributed by atoms with Crippen LogP contribution in [0.15, 0.2) is 22.9 Å². The molecule has 2 aromatic heterocycles. The van der Waals surface area contributed by atoms with E-state index in [1.54, 1.807) is 13.3 Å². The van der Waals surface area contributed by atoms with E-state index < -0.39 is 0 Å². The highest BCUT2D eigenvalue weighted by molar-refractivity contribution is 5.59. The molecule has 0 spiro atoms. The number of nitrogens with two attached hydrogens (primary N) is 1. The Balaban J connectivity index is 1.83. The fraction of sp³-hybridized carbons (Fsp3) is 0.462. The van der Waals surface area contributed by atoms with Gasteiger partial charge in [0.25, 0.3) is 5.89 Å². The summed E-state index contributed by atoms with van der Waals surface area (Å²) in [5.74, 6) is 1.90. The molecule has 0 saturated carbocycles. The van der Waals surface area contributed by atoms with Crippen molar-refractivity contribution in [3.8, 4) is 11.5 Å². The molecule has 2 aromatic rings. The maximum Gasteiger partial charge on any atom is 0.258 e. The molecule has 106 valence electrons. The third-order valence-electron chi connectivity index (χ3n) is 3.28. The van der Waals surface area contributed by atoms with E-state index in [-0.39, 0.29) is 6.04 Å². The van der Waals surface area contributed by atoms with Crippen molar-refractivity contribution in [1.29, 1.82) is 0 Å². The van der Waals surface area contributed by atoms with Gasteiger partial charge in [-0.25, -0.2) is 4.98 Å². The lowest BCUT2D eigenvalue weighted by Crippen LogP contribution is -2.26. The van der Waals surface area contributed by atoms with Gasteiger partial charge in [-0.3, -0.25) is 0 Å². The van der Waals surface area contributed by atoms with E-state index in [0.717, 1.165) is 30.9 Å². The van der Waals surface area contributed by atoms with Crippen LogP contribution in [0, 0.1) is 0 Å². The van der Waals surface area contributed by atoms with Crippen LogP contribution in [0.2, 0.25) is 0 Å². The minimum Gasteiger partial charge on any atom is -0.377 e. The molecule has 1 unspecified atom stereocenters. The molecule has 0 aromatic carbocycles. The van der Waals surface area contributed by atoms with Crippen molar-refractivity contribution in [2.75, 3.05) is 25.1 Å². The Morgan fingerprint density at radius 2 is 2.45 bits per heavy atom.